The molecule has 0 bridgehead atoms. The van der Waals surface area contributed by atoms with E-state index in [1.165, 1.54) is 0 Å². The predicted molar refractivity (Wildman–Crippen MR) is 51.7 cm³/mol. The van der Waals surface area contributed by atoms with E-state index in [1.807, 2.05) is 13.8 Å². The first-order valence-corrected chi connectivity index (χ1v) is 5.00. The highest BCUT2D eigenvalue weighted by molar-refractivity contribution is 6.64. The van der Waals surface area contributed by atoms with Crippen LogP contribution in [0, 0.1) is 5.41 Å². The van der Waals surface area contributed by atoms with E-state index in [2.05, 4.69) is 0 Å². The van der Waals surface area contributed by atoms with Crippen molar-refractivity contribution in [3.63, 3.8) is 0 Å². The molecule has 0 aromatic rings. The molecule has 1 aliphatic carbocycles. The Labute approximate surface area is 83.4 Å². The van der Waals surface area contributed by atoms with Crippen LogP contribution in [0.5, 0.6) is 0 Å². The van der Waals surface area contributed by atoms with Gasteiger partial charge in [0.25, 0.3) is 0 Å². The largest absolute Gasteiger partial charge is 0.281 e. The Kier molecular flexibility index (Phi) is 2.75. The van der Waals surface area contributed by atoms with Crippen molar-refractivity contribution in [3.05, 3.63) is 0 Å². The van der Waals surface area contributed by atoms with E-state index in [0.29, 0.717) is 6.42 Å². The van der Waals surface area contributed by atoms with E-state index in [0.717, 1.165) is 19.3 Å². The van der Waals surface area contributed by atoms with Gasteiger partial charge in [-0.3, -0.25) is 4.79 Å². The van der Waals surface area contributed by atoms with Gasteiger partial charge in [0.1, 0.15) is 0 Å². The lowest BCUT2D eigenvalue weighted by atomic mass is 9.72. The van der Waals surface area contributed by atoms with Crippen molar-refractivity contribution in [1.82, 2.24) is 0 Å². The van der Waals surface area contributed by atoms with Crippen LogP contribution >= 0.6 is 23.2 Å². The molecule has 0 N–H and O–H groups in total. The summed E-state index contributed by atoms with van der Waals surface area (Å²) in [4.78, 5) is 10.9. The summed E-state index contributed by atoms with van der Waals surface area (Å²) in [5, 5.41) is -0.242. The van der Waals surface area contributed by atoms with E-state index >= 15 is 0 Å². The first-order valence-electron chi connectivity index (χ1n) is 4.25. The second kappa shape index (κ2) is 3.19. The van der Waals surface area contributed by atoms with Crippen LogP contribution in [0.15, 0.2) is 0 Å². The minimum atomic E-state index is -0.393. The number of hydrogen-bond acceptors (Lipinski definition) is 1. The minimum Gasteiger partial charge on any atom is -0.281 e. The summed E-state index contributed by atoms with van der Waals surface area (Å²) in [6, 6.07) is 0. The van der Waals surface area contributed by atoms with Crippen LogP contribution in [-0.2, 0) is 4.79 Å². The molecule has 0 heterocycles. The smallest absolute Gasteiger partial charge is 0.227 e. The molecule has 1 aliphatic rings. The Bertz CT molecular complexity index is 201. The van der Waals surface area contributed by atoms with Crippen LogP contribution in [0.1, 0.15) is 39.5 Å². The summed E-state index contributed by atoms with van der Waals surface area (Å²) < 4.78 is 0. The lowest BCUT2D eigenvalue weighted by molar-refractivity contribution is -0.121. The summed E-state index contributed by atoms with van der Waals surface area (Å²) >= 11 is 11.7. The molecule has 3 heteroatoms. The molecule has 1 rings (SSSR count). The normalized spacial score (nSPS) is 42.7. The van der Waals surface area contributed by atoms with E-state index in [9.17, 15) is 4.79 Å². The third kappa shape index (κ3) is 2.14. The van der Waals surface area contributed by atoms with Crippen molar-refractivity contribution >= 4 is 28.4 Å². The van der Waals surface area contributed by atoms with Crippen molar-refractivity contribution in [3.8, 4) is 0 Å². The van der Waals surface area contributed by atoms with Crippen LogP contribution in [-0.4, -0.2) is 10.1 Å². The average Bonchev–Trinajstić information content (AvgIpc) is 1.83. The molecule has 0 saturated heterocycles. The minimum absolute atomic E-state index is 0.239. The third-order valence-electron chi connectivity index (χ3n) is 2.66. The molecule has 1 fully saturated rings. The molecule has 70 valence electrons. The van der Waals surface area contributed by atoms with E-state index in [-0.39, 0.29) is 10.1 Å². The van der Waals surface area contributed by atoms with Crippen LogP contribution < -0.4 is 0 Å². The quantitative estimate of drug-likeness (QED) is 0.478. The molecule has 2 unspecified atom stereocenters. The molecular formula is C9H14Cl2O. The van der Waals surface area contributed by atoms with E-state index < -0.39 is 5.41 Å². The Morgan fingerprint density at radius 1 is 1.33 bits per heavy atom. The van der Waals surface area contributed by atoms with Gasteiger partial charge in [-0.05, 0) is 37.8 Å². The van der Waals surface area contributed by atoms with Gasteiger partial charge in [0.05, 0.1) is 0 Å². The summed E-state index contributed by atoms with van der Waals surface area (Å²) in [5.74, 6) is 0. The van der Waals surface area contributed by atoms with Gasteiger partial charge in [0, 0.05) is 10.3 Å². The number of carbonyl (C=O) groups is 1. The zero-order chi connectivity index (χ0) is 9.41. The molecule has 12 heavy (non-hydrogen) atoms. The second-order valence-electron chi connectivity index (χ2n) is 4.28. The van der Waals surface area contributed by atoms with Gasteiger partial charge in [-0.1, -0.05) is 13.3 Å². The highest BCUT2D eigenvalue weighted by atomic mass is 35.5. The van der Waals surface area contributed by atoms with Crippen LogP contribution in [0.3, 0.4) is 0 Å². The molecule has 0 aromatic heterocycles. The first-order chi connectivity index (χ1) is 5.36. The molecule has 1 saturated carbocycles. The lowest BCUT2D eigenvalue weighted by Crippen LogP contribution is -2.37. The number of hydrogen-bond donors (Lipinski definition) is 0. The summed E-state index contributed by atoms with van der Waals surface area (Å²) in [6.45, 7) is 3.88. The molecule has 0 aromatic carbocycles. The van der Waals surface area contributed by atoms with Gasteiger partial charge >= 0.3 is 0 Å². The van der Waals surface area contributed by atoms with Gasteiger partial charge in [0.2, 0.25) is 5.24 Å². The Morgan fingerprint density at radius 3 is 2.25 bits per heavy atom. The fraction of sp³-hybridized carbons (Fsp3) is 0.889. The first kappa shape index (κ1) is 10.3. The van der Waals surface area contributed by atoms with Gasteiger partial charge in [-0.2, -0.15) is 0 Å². The highest BCUT2D eigenvalue weighted by Crippen LogP contribution is 2.45. The molecule has 0 amide bonds. The highest BCUT2D eigenvalue weighted by Gasteiger charge is 2.42. The predicted octanol–water partition coefficient (Wildman–Crippen LogP) is 3.33. The summed E-state index contributed by atoms with van der Waals surface area (Å²) in [5.41, 5.74) is -0.393. The zero-order valence-corrected chi connectivity index (χ0v) is 9.00. The van der Waals surface area contributed by atoms with Gasteiger partial charge in [0.15, 0.2) is 0 Å². The SMILES string of the molecule is CC1(Cl)CCCC(C)(C(=O)Cl)C1. The Balaban J connectivity index is 2.74. The summed E-state index contributed by atoms with van der Waals surface area (Å²) in [7, 11) is 0. The molecule has 0 radical (unpaired) electrons. The fourth-order valence-electron chi connectivity index (χ4n) is 2.01. The number of rotatable bonds is 1. The molecule has 1 nitrogen and oxygen atoms in total. The Morgan fingerprint density at radius 2 is 1.92 bits per heavy atom. The monoisotopic (exact) mass is 208 g/mol. The number of carbonyl (C=O) groups excluding carboxylic acids is 1. The second-order valence-corrected chi connectivity index (χ2v) is 5.53. The maximum atomic E-state index is 11.1. The number of alkyl halides is 1. The average molecular weight is 209 g/mol. The summed E-state index contributed by atoms with van der Waals surface area (Å²) in [6.07, 6.45) is 3.55. The zero-order valence-electron chi connectivity index (χ0n) is 7.49. The van der Waals surface area contributed by atoms with Crippen molar-refractivity contribution in [2.75, 3.05) is 0 Å². The topological polar surface area (TPSA) is 17.1 Å². The third-order valence-corrected chi connectivity index (χ3v) is 3.44. The van der Waals surface area contributed by atoms with Crippen LogP contribution in [0.2, 0.25) is 0 Å². The van der Waals surface area contributed by atoms with Crippen LogP contribution in [0.4, 0.5) is 0 Å². The number of halogens is 2. The maximum absolute atomic E-state index is 11.1. The van der Waals surface area contributed by atoms with Gasteiger partial charge in [-0.15, -0.1) is 11.6 Å². The fourth-order valence-corrected chi connectivity index (χ4v) is 2.60. The van der Waals surface area contributed by atoms with Gasteiger partial charge < -0.3 is 0 Å². The Hall–Kier alpha value is 0.250. The maximum Gasteiger partial charge on any atom is 0.227 e. The molecule has 0 spiro atoms. The van der Waals surface area contributed by atoms with Crippen molar-refractivity contribution in [2.45, 2.75) is 44.4 Å². The van der Waals surface area contributed by atoms with Crippen molar-refractivity contribution in [1.29, 1.82) is 0 Å². The van der Waals surface area contributed by atoms with E-state index in [4.69, 9.17) is 23.2 Å². The van der Waals surface area contributed by atoms with Crippen molar-refractivity contribution < 1.29 is 4.79 Å². The van der Waals surface area contributed by atoms with Crippen LogP contribution in [0.25, 0.3) is 0 Å². The van der Waals surface area contributed by atoms with Crippen molar-refractivity contribution in [2.24, 2.45) is 5.41 Å². The van der Waals surface area contributed by atoms with Gasteiger partial charge in [-0.25, -0.2) is 0 Å². The lowest BCUT2D eigenvalue weighted by Gasteiger charge is -2.38. The standard InChI is InChI=1S/C9H14Cl2O/c1-8(7(10)12)4-3-5-9(2,11)6-8/h3-6H2,1-2H3. The molecule has 2 atom stereocenters. The van der Waals surface area contributed by atoms with E-state index in [1.54, 1.807) is 0 Å². The molecular weight excluding hydrogens is 195 g/mol. The molecule has 0 aliphatic heterocycles.